The molecule has 0 saturated carbocycles. The third kappa shape index (κ3) is 4.43. The molecular formula is C7H18N2. The van der Waals surface area contributed by atoms with E-state index in [1.54, 1.807) is 0 Å². The summed E-state index contributed by atoms with van der Waals surface area (Å²) in [5.41, 5.74) is 10.9. The molecule has 56 valence electrons. The van der Waals surface area contributed by atoms with Crippen LogP contribution in [0.3, 0.4) is 0 Å². The van der Waals surface area contributed by atoms with Crippen molar-refractivity contribution in [3.63, 3.8) is 0 Å². The molecule has 0 aliphatic carbocycles. The van der Waals surface area contributed by atoms with Crippen LogP contribution in [-0.4, -0.2) is 6.17 Å². The highest BCUT2D eigenvalue weighted by Gasteiger charge is 2.05. The molecule has 1 unspecified atom stereocenters. The fraction of sp³-hybridized carbons (Fsp3) is 1.00. The van der Waals surface area contributed by atoms with Crippen molar-refractivity contribution in [2.75, 3.05) is 0 Å². The number of hydrogen-bond donors (Lipinski definition) is 2. The second-order valence-electron chi connectivity index (χ2n) is 2.70. The molecule has 4 N–H and O–H groups in total. The molecule has 0 radical (unpaired) electrons. The van der Waals surface area contributed by atoms with Gasteiger partial charge in [0.05, 0.1) is 6.17 Å². The van der Waals surface area contributed by atoms with E-state index in [0.29, 0.717) is 5.92 Å². The normalized spacial score (nSPS) is 14.3. The molecular weight excluding hydrogens is 112 g/mol. The van der Waals surface area contributed by atoms with Crippen LogP contribution in [0.1, 0.15) is 33.1 Å². The summed E-state index contributed by atoms with van der Waals surface area (Å²) in [5, 5.41) is 0. The summed E-state index contributed by atoms with van der Waals surface area (Å²) in [6.07, 6.45) is 3.51. The molecule has 0 spiro atoms. The summed E-state index contributed by atoms with van der Waals surface area (Å²) < 4.78 is 0. The van der Waals surface area contributed by atoms with Crippen LogP contribution in [0, 0.1) is 5.92 Å². The van der Waals surface area contributed by atoms with Crippen LogP contribution in [-0.2, 0) is 0 Å². The molecule has 0 aromatic heterocycles. The standard InChI is InChI=1S/C7H18N2/c1-3-4-5-6(2)7(8)9/h6-7H,3-5,8-9H2,1-2H3. The summed E-state index contributed by atoms with van der Waals surface area (Å²) >= 11 is 0. The van der Waals surface area contributed by atoms with Gasteiger partial charge in [0.15, 0.2) is 0 Å². The number of hydrogen-bond acceptors (Lipinski definition) is 2. The van der Waals surface area contributed by atoms with E-state index < -0.39 is 0 Å². The Bertz CT molecular complexity index is 61.9. The molecule has 9 heavy (non-hydrogen) atoms. The van der Waals surface area contributed by atoms with Gasteiger partial charge in [0.1, 0.15) is 0 Å². The average Bonchev–Trinajstić information content (AvgIpc) is 1.82. The van der Waals surface area contributed by atoms with Crippen LogP contribution in [0.25, 0.3) is 0 Å². The van der Waals surface area contributed by atoms with Gasteiger partial charge in [-0.25, -0.2) is 0 Å². The third-order valence-corrected chi connectivity index (χ3v) is 1.67. The van der Waals surface area contributed by atoms with Crippen molar-refractivity contribution in [1.82, 2.24) is 0 Å². The minimum atomic E-state index is -0.128. The zero-order valence-corrected chi connectivity index (χ0v) is 6.43. The summed E-state index contributed by atoms with van der Waals surface area (Å²) in [6.45, 7) is 4.27. The zero-order chi connectivity index (χ0) is 7.28. The lowest BCUT2D eigenvalue weighted by Crippen LogP contribution is -2.37. The first-order chi connectivity index (χ1) is 4.18. The number of nitrogens with two attached hydrogens (primary N) is 2. The fourth-order valence-corrected chi connectivity index (χ4v) is 0.719. The van der Waals surface area contributed by atoms with E-state index in [0.717, 1.165) is 6.42 Å². The highest BCUT2D eigenvalue weighted by atomic mass is 14.9. The van der Waals surface area contributed by atoms with Crippen LogP contribution >= 0.6 is 0 Å². The largest absolute Gasteiger partial charge is 0.316 e. The molecule has 0 amide bonds. The molecule has 0 aliphatic rings. The third-order valence-electron chi connectivity index (χ3n) is 1.67. The molecule has 0 aromatic rings. The first kappa shape index (κ1) is 8.92. The fourth-order valence-electron chi connectivity index (χ4n) is 0.719. The Morgan fingerprint density at radius 3 is 2.22 bits per heavy atom. The van der Waals surface area contributed by atoms with E-state index in [9.17, 15) is 0 Å². The van der Waals surface area contributed by atoms with Gasteiger partial charge < -0.3 is 11.5 Å². The molecule has 0 bridgehead atoms. The van der Waals surface area contributed by atoms with Gasteiger partial charge >= 0.3 is 0 Å². The van der Waals surface area contributed by atoms with Crippen molar-refractivity contribution >= 4 is 0 Å². The Labute approximate surface area is 57.6 Å². The van der Waals surface area contributed by atoms with Gasteiger partial charge in [-0.3, -0.25) is 0 Å². The summed E-state index contributed by atoms with van der Waals surface area (Å²) in [7, 11) is 0. The summed E-state index contributed by atoms with van der Waals surface area (Å²) in [4.78, 5) is 0. The van der Waals surface area contributed by atoms with Crippen molar-refractivity contribution in [1.29, 1.82) is 0 Å². The van der Waals surface area contributed by atoms with Crippen LogP contribution in [0.15, 0.2) is 0 Å². The molecule has 0 rings (SSSR count). The smallest absolute Gasteiger partial charge is 0.0547 e. The molecule has 0 fully saturated rings. The van der Waals surface area contributed by atoms with Crippen molar-refractivity contribution in [3.8, 4) is 0 Å². The van der Waals surface area contributed by atoms with Gasteiger partial charge in [-0.1, -0.05) is 26.7 Å². The molecule has 2 nitrogen and oxygen atoms in total. The maximum Gasteiger partial charge on any atom is 0.0547 e. The zero-order valence-electron chi connectivity index (χ0n) is 6.43. The first-order valence-corrected chi connectivity index (χ1v) is 3.69. The van der Waals surface area contributed by atoms with E-state index in [1.807, 2.05) is 0 Å². The Hall–Kier alpha value is -0.0800. The maximum absolute atomic E-state index is 5.45. The molecule has 0 aromatic carbocycles. The Morgan fingerprint density at radius 1 is 1.33 bits per heavy atom. The van der Waals surface area contributed by atoms with Crippen molar-refractivity contribution in [2.24, 2.45) is 17.4 Å². The van der Waals surface area contributed by atoms with Gasteiger partial charge in [-0.15, -0.1) is 0 Å². The van der Waals surface area contributed by atoms with Crippen LogP contribution in [0.5, 0.6) is 0 Å². The molecule has 2 heteroatoms. The molecule has 1 atom stereocenters. The van der Waals surface area contributed by atoms with E-state index >= 15 is 0 Å². The maximum atomic E-state index is 5.45. The van der Waals surface area contributed by atoms with Crippen LogP contribution < -0.4 is 11.5 Å². The summed E-state index contributed by atoms with van der Waals surface area (Å²) in [6, 6.07) is 0. The lowest BCUT2D eigenvalue weighted by atomic mass is 10.0. The van der Waals surface area contributed by atoms with Gasteiger partial charge in [0.2, 0.25) is 0 Å². The number of unbranched alkanes of at least 4 members (excludes halogenated alkanes) is 1. The van der Waals surface area contributed by atoms with E-state index in [1.165, 1.54) is 12.8 Å². The van der Waals surface area contributed by atoms with Gasteiger partial charge in [-0.2, -0.15) is 0 Å². The minimum absolute atomic E-state index is 0.128. The Balaban J connectivity index is 3.16. The lowest BCUT2D eigenvalue weighted by Gasteiger charge is -2.13. The van der Waals surface area contributed by atoms with Crippen molar-refractivity contribution in [2.45, 2.75) is 39.3 Å². The predicted molar refractivity (Wildman–Crippen MR) is 40.9 cm³/mol. The van der Waals surface area contributed by atoms with Crippen LogP contribution in [0.4, 0.5) is 0 Å². The lowest BCUT2D eigenvalue weighted by molar-refractivity contribution is 0.421. The van der Waals surface area contributed by atoms with E-state index in [2.05, 4.69) is 13.8 Å². The molecule has 0 aliphatic heterocycles. The monoisotopic (exact) mass is 130 g/mol. The highest BCUT2D eigenvalue weighted by molar-refractivity contribution is 4.60. The SMILES string of the molecule is CCCCC(C)C(N)N. The van der Waals surface area contributed by atoms with E-state index in [-0.39, 0.29) is 6.17 Å². The van der Waals surface area contributed by atoms with Crippen LogP contribution in [0.2, 0.25) is 0 Å². The Kier molecular flexibility index (Phi) is 4.72. The second-order valence-corrected chi connectivity index (χ2v) is 2.70. The summed E-state index contributed by atoms with van der Waals surface area (Å²) in [5.74, 6) is 0.477. The average molecular weight is 130 g/mol. The van der Waals surface area contributed by atoms with Gasteiger partial charge in [0, 0.05) is 0 Å². The van der Waals surface area contributed by atoms with Gasteiger partial charge in [0.25, 0.3) is 0 Å². The first-order valence-electron chi connectivity index (χ1n) is 3.69. The topological polar surface area (TPSA) is 52.0 Å². The highest BCUT2D eigenvalue weighted by Crippen LogP contribution is 2.07. The quantitative estimate of drug-likeness (QED) is 0.559. The van der Waals surface area contributed by atoms with Crippen molar-refractivity contribution < 1.29 is 0 Å². The predicted octanol–water partition coefficient (Wildman–Crippen LogP) is 1.06. The number of rotatable bonds is 4. The molecule has 0 saturated heterocycles. The second kappa shape index (κ2) is 4.77. The Morgan fingerprint density at radius 2 is 1.89 bits per heavy atom. The minimum Gasteiger partial charge on any atom is -0.316 e. The van der Waals surface area contributed by atoms with Gasteiger partial charge in [-0.05, 0) is 12.3 Å². The molecule has 0 heterocycles. The van der Waals surface area contributed by atoms with E-state index in [4.69, 9.17) is 11.5 Å². The van der Waals surface area contributed by atoms with Crippen molar-refractivity contribution in [3.05, 3.63) is 0 Å².